The summed E-state index contributed by atoms with van der Waals surface area (Å²) in [6, 6.07) is 2.28. The molecule has 1 heterocycles. The van der Waals surface area contributed by atoms with E-state index in [9.17, 15) is 13.8 Å². The Bertz CT molecular complexity index is 489. The number of nitrogens with zero attached hydrogens (tertiary/aromatic N) is 1. The average molecular weight is 285 g/mol. The molecule has 1 aromatic heterocycles. The van der Waals surface area contributed by atoms with Gasteiger partial charge < -0.3 is 15.7 Å². The highest BCUT2D eigenvalue weighted by atomic mass is 32.2. The van der Waals surface area contributed by atoms with Crippen molar-refractivity contribution < 1.29 is 18.9 Å². The molecule has 7 nitrogen and oxygen atoms in total. The topological polar surface area (TPSA) is 108 Å². The zero-order valence-electron chi connectivity index (χ0n) is 10.5. The Kier molecular flexibility index (Phi) is 5.43. The van der Waals surface area contributed by atoms with Crippen LogP contribution in [0.15, 0.2) is 18.3 Å². The second kappa shape index (κ2) is 6.83. The van der Waals surface area contributed by atoms with Crippen molar-refractivity contribution in [1.29, 1.82) is 0 Å². The van der Waals surface area contributed by atoms with Crippen LogP contribution < -0.4 is 10.6 Å². The predicted octanol–water partition coefficient (Wildman–Crippen LogP) is 0.668. The highest BCUT2D eigenvalue weighted by molar-refractivity contribution is 7.84. The van der Waals surface area contributed by atoms with Crippen LogP contribution in [0.4, 0.5) is 10.5 Å². The van der Waals surface area contributed by atoms with E-state index >= 15 is 0 Å². The lowest BCUT2D eigenvalue weighted by atomic mass is 10.3. The van der Waals surface area contributed by atoms with E-state index in [2.05, 4.69) is 15.6 Å². The monoisotopic (exact) mass is 285 g/mol. The van der Waals surface area contributed by atoms with E-state index in [0.717, 1.165) is 0 Å². The Balaban J connectivity index is 2.48. The predicted molar refractivity (Wildman–Crippen MR) is 71.7 cm³/mol. The van der Waals surface area contributed by atoms with Crippen molar-refractivity contribution in [3.05, 3.63) is 24.0 Å². The molecule has 0 aliphatic heterocycles. The quantitative estimate of drug-likeness (QED) is 0.736. The number of carbonyl (C=O) groups excluding carboxylic acids is 1. The molecular formula is C11H15N3O4S. The molecule has 2 atom stereocenters. The van der Waals surface area contributed by atoms with Gasteiger partial charge in [-0.15, -0.1) is 0 Å². The van der Waals surface area contributed by atoms with Crippen LogP contribution in [0.25, 0.3) is 0 Å². The van der Waals surface area contributed by atoms with Gasteiger partial charge in [-0.3, -0.25) is 4.21 Å². The number of aromatic carboxylic acids is 1. The molecule has 0 radical (unpaired) electrons. The van der Waals surface area contributed by atoms with Crippen LogP contribution in [-0.4, -0.2) is 44.4 Å². The molecule has 0 aliphatic carbocycles. The van der Waals surface area contributed by atoms with Gasteiger partial charge in [-0.25, -0.2) is 14.6 Å². The maximum atomic E-state index is 11.5. The van der Waals surface area contributed by atoms with Gasteiger partial charge in [0.2, 0.25) is 0 Å². The lowest BCUT2D eigenvalue weighted by molar-refractivity contribution is 0.0690. The van der Waals surface area contributed by atoms with E-state index in [1.807, 2.05) is 0 Å². The molecule has 0 spiro atoms. The summed E-state index contributed by atoms with van der Waals surface area (Å²) in [5.74, 6) is -1.13. The van der Waals surface area contributed by atoms with Gasteiger partial charge >= 0.3 is 12.0 Å². The molecule has 0 aromatic carbocycles. The smallest absolute Gasteiger partial charge is 0.354 e. The zero-order chi connectivity index (χ0) is 14.4. The molecule has 1 rings (SSSR count). The third-order valence-corrected chi connectivity index (χ3v) is 3.66. The highest BCUT2D eigenvalue weighted by Gasteiger charge is 2.09. The van der Waals surface area contributed by atoms with Gasteiger partial charge in [0.15, 0.2) is 0 Å². The zero-order valence-corrected chi connectivity index (χ0v) is 11.4. The second-order valence-corrected chi connectivity index (χ2v) is 5.68. The van der Waals surface area contributed by atoms with Crippen molar-refractivity contribution in [1.82, 2.24) is 10.3 Å². The van der Waals surface area contributed by atoms with E-state index in [4.69, 9.17) is 5.11 Å². The molecule has 0 saturated carbocycles. The maximum absolute atomic E-state index is 11.5. The van der Waals surface area contributed by atoms with Crippen LogP contribution in [-0.2, 0) is 10.8 Å². The number of anilines is 1. The first-order valence-corrected chi connectivity index (χ1v) is 7.08. The third kappa shape index (κ3) is 5.04. The number of urea groups is 1. The van der Waals surface area contributed by atoms with Crippen LogP contribution in [0.2, 0.25) is 0 Å². The van der Waals surface area contributed by atoms with Crippen molar-refractivity contribution >= 4 is 28.5 Å². The number of amides is 2. The van der Waals surface area contributed by atoms with Gasteiger partial charge in [-0.05, 0) is 19.1 Å². The summed E-state index contributed by atoms with van der Waals surface area (Å²) in [6.45, 7) is 2.05. The van der Waals surface area contributed by atoms with Crippen LogP contribution in [0.1, 0.15) is 17.4 Å². The van der Waals surface area contributed by atoms with Crippen molar-refractivity contribution in [3.8, 4) is 0 Å². The van der Waals surface area contributed by atoms with Crippen molar-refractivity contribution in [2.75, 3.05) is 18.1 Å². The number of rotatable bonds is 5. The molecule has 0 aliphatic rings. The maximum Gasteiger partial charge on any atom is 0.354 e. The Morgan fingerprint density at radius 1 is 1.47 bits per heavy atom. The van der Waals surface area contributed by atoms with Gasteiger partial charge in [-0.1, -0.05) is 0 Å². The van der Waals surface area contributed by atoms with Crippen molar-refractivity contribution in [3.63, 3.8) is 0 Å². The van der Waals surface area contributed by atoms with Crippen LogP contribution in [0, 0.1) is 0 Å². The minimum atomic E-state index is -1.13. The summed E-state index contributed by atoms with van der Waals surface area (Å²) in [7, 11) is -1.00. The van der Waals surface area contributed by atoms with Crippen LogP contribution in [0.5, 0.6) is 0 Å². The minimum Gasteiger partial charge on any atom is -0.477 e. The number of aromatic nitrogens is 1. The summed E-state index contributed by atoms with van der Waals surface area (Å²) < 4.78 is 11.1. The number of carboxylic acids is 1. The first-order valence-electron chi connectivity index (χ1n) is 5.46. The summed E-state index contributed by atoms with van der Waals surface area (Å²) >= 11 is 0. The van der Waals surface area contributed by atoms with E-state index in [0.29, 0.717) is 5.69 Å². The summed E-state index contributed by atoms with van der Waals surface area (Å²) in [4.78, 5) is 25.7. The molecule has 2 amide bonds. The second-order valence-electron chi connectivity index (χ2n) is 3.88. The summed E-state index contributed by atoms with van der Waals surface area (Å²) in [5, 5.41) is 13.6. The Hall–Kier alpha value is -1.96. The molecule has 19 heavy (non-hydrogen) atoms. The lowest BCUT2D eigenvalue weighted by Gasteiger charge is -2.10. The van der Waals surface area contributed by atoms with E-state index in [1.165, 1.54) is 18.3 Å². The van der Waals surface area contributed by atoms with Gasteiger partial charge in [0.1, 0.15) is 5.69 Å². The third-order valence-electron chi connectivity index (χ3n) is 2.36. The molecule has 0 bridgehead atoms. The summed E-state index contributed by atoms with van der Waals surface area (Å²) in [6.07, 6.45) is 2.82. The van der Waals surface area contributed by atoms with Crippen molar-refractivity contribution in [2.45, 2.75) is 12.2 Å². The number of carboxylic acid groups (broad SMARTS) is 1. The van der Waals surface area contributed by atoms with Gasteiger partial charge in [0.25, 0.3) is 0 Å². The Morgan fingerprint density at radius 3 is 2.63 bits per heavy atom. The van der Waals surface area contributed by atoms with Crippen molar-refractivity contribution in [2.24, 2.45) is 0 Å². The van der Waals surface area contributed by atoms with E-state index in [1.54, 1.807) is 13.2 Å². The SMILES string of the molecule is CC(CNC(=O)Nc1ccc(C(=O)O)nc1)S(C)=O. The van der Waals surface area contributed by atoms with Crippen LogP contribution in [0.3, 0.4) is 0 Å². The fourth-order valence-corrected chi connectivity index (χ4v) is 1.44. The minimum absolute atomic E-state index is 0.0963. The number of carbonyl (C=O) groups is 2. The first kappa shape index (κ1) is 15.1. The molecule has 8 heteroatoms. The number of nitrogens with one attached hydrogen (secondary N) is 2. The molecule has 1 aromatic rings. The Morgan fingerprint density at radius 2 is 2.16 bits per heavy atom. The normalized spacial score (nSPS) is 13.4. The van der Waals surface area contributed by atoms with E-state index < -0.39 is 22.8 Å². The van der Waals surface area contributed by atoms with Gasteiger partial charge in [0, 0.05) is 28.9 Å². The lowest BCUT2D eigenvalue weighted by Crippen LogP contribution is -2.35. The molecule has 0 fully saturated rings. The molecule has 2 unspecified atom stereocenters. The standard InChI is InChI=1S/C11H15N3O4S/c1-7(19(2)18)5-13-11(17)14-8-3-4-9(10(15)16)12-6-8/h3-4,6-7H,5H2,1-2H3,(H,15,16)(H2,13,14,17). The average Bonchev–Trinajstić information content (AvgIpc) is 2.36. The molecular weight excluding hydrogens is 270 g/mol. The fourth-order valence-electron chi connectivity index (χ4n) is 1.12. The number of hydrogen-bond acceptors (Lipinski definition) is 4. The largest absolute Gasteiger partial charge is 0.477 e. The number of pyridine rings is 1. The number of hydrogen-bond donors (Lipinski definition) is 3. The molecule has 0 saturated heterocycles. The first-order chi connectivity index (χ1) is 8.90. The summed E-state index contributed by atoms with van der Waals surface area (Å²) in [5.41, 5.74) is 0.286. The fraction of sp³-hybridized carbons (Fsp3) is 0.364. The molecule has 3 N–H and O–H groups in total. The van der Waals surface area contributed by atoms with Gasteiger partial charge in [-0.2, -0.15) is 0 Å². The molecule has 104 valence electrons. The van der Waals surface area contributed by atoms with Gasteiger partial charge in [0.05, 0.1) is 11.9 Å². The van der Waals surface area contributed by atoms with Crippen LogP contribution >= 0.6 is 0 Å². The Labute approximate surface area is 112 Å². The highest BCUT2D eigenvalue weighted by Crippen LogP contribution is 2.05. The van der Waals surface area contributed by atoms with E-state index in [-0.39, 0.29) is 17.5 Å².